The molecule has 1 heterocycles. The largest absolute Gasteiger partial charge is 0.348 e. The molecule has 7 heteroatoms. The lowest BCUT2D eigenvalue weighted by Gasteiger charge is -2.36. The summed E-state index contributed by atoms with van der Waals surface area (Å²) in [5.41, 5.74) is 3.09. The number of amides is 1. The Morgan fingerprint density at radius 1 is 1.25 bits per heavy atom. The first kappa shape index (κ1) is 19.0. The van der Waals surface area contributed by atoms with Crippen LogP contribution in [0.1, 0.15) is 11.1 Å². The van der Waals surface area contributed by atoms with Crippen molar-refractivity contribution < 1.29 is 4.79 Å². The number of benzene rings is 1. The minimum atomic E-state index is 0.131. The Kier molecular flexibility index (Phi) is 6.43. The van der Waals surface area contributed by atoms with Crippen LogP contribution in [-0.4, -0.2) is 72.5 Å². The summed E-state index contributed by atoms with van der Waals surface area (Å²) in [4.78, 5) is 17.7. The standard InChI is InChI=1S/C17H25ClN4OS/c1-12-9-13(2)16(14(18)10-12)19-17(24)22-7-5-21(6-8-22)11-15(23)20(3)4/h9-10H,5-8,11H2,1-4H3,(H,19,24). The number of nitrogens with one attached hydrogen (secondary N) is 1. The van der Waals surface area contributed by atoms with Gasteiger partial charge in [0, 0.05) is 40.3 Å². The molecule has 24 heavy (non-hydrogen) atoms. The van der Waals surface area contributed by atoms with E-state index in [9.17, 15) is 4.79 Å². The van der Waals surface area contributed by atoms with Crippen LogP contribution in [-0.2, 0) is 4.79 Å². The monoisotopic (exact) mass is 368 g/mol. The van der Waals surface area contributed by atoms with E-state index in [1.165, 1.54) is 0 Å². The lowest BCUT2D eigenvalue weighted by atomic mass is 10.1. The molecule has 0 radical (unpaired) electrons. The van der Waals surface area contributed by atoms with Gasteiger partial charge < -0.3 is 15.1 Å². The number of carbonyl (C=O) groups excluding carboxylic acids is 1. The van der Waals surface area contributed by atoms with E-state index >= 15 is 0 Å². The lowest BCUT2D eigenvalue weighted by molar-refractivity contribution is -0.130. The molecule has 0 atom stereocenters. The van der Waals surface area contributed by atoms with E-state index in [-0.39, 0.29) is 5.91 Å². The van der Waals surface area contributed by atoms with Crippen LogP contribution in [0.15, 0.2) is 12.1 Å². The predicted molar refractivity (Wildman–Crippen MR) is 104 cm³/mol. The SMILES string of the molecule is Cc1cc(C)c(NC(=S)N2CCN(CC(=O)N(C)C)CC2)c(Cl)c1. The van der Waals surface area contributed by atoms with Gasteiger partial charge >= 0.3 is 0 Å². The molecule has 0 unspecified atom stereocenters. The number of piperazine rings is 1. The molecule has 1 aliphatic heterocycles. The molecule has 1 fully saturated rings. The van der Waals surface area contributed by atoms with Crippen molar-refractivity contribution in [3.8, 4) is 0 Å². The average molecular weight is 369 g/mol. The van der Waals surface area contributed by atoms with Gasteiger partial charge in [-0.05, 0) is 43.3 Å². The Balaban J connectivity index is 1.91. The highest BCUT2D eigenvalue weighted by Gasteiger charge is 2.21. The van der Waals surface area contributed by atoms with E-state index in [1.54, 1.807) is 19.0 Å². The highest BCUT2D eigenvalue weighted by atomic mass is 35.5. The second-order valence-corrected chi connectivity index (χ2v) is 7.21. The van der Waals surface area contributed by atoms with Gasteiger partial charge in [-0.25, -0.2) is 0 Å². The molecule has 5 nitrogen and oxygen atoms in total. The molecule has 1 saturated heterocycles. The van der Waals surface area contributed by atoms with Gasteiger partial charge in [0.05, 0.1) is 17.3 Å². The summed E-state index contributed by atoms with van der Waals surface area (Å²) >= 11 is 11.9. The molecular formula is C17H25ClN4OS. The van der Waals surface area contributed by atoms with Crippen LogP contribution in [0, 0.1) is 13.8 Å². The smallest absolute Gasteiger partial charge is 0.236 e. The van der Waals surface area contributed by atoms with Crippen molar-refractivity contribution in [3.63, 3.8) is 0 Å². The first-order valence-electron chi connectivity index (χ1n) is 8.03. The van der Waals surface area contributed by atoms with Gasteiger partial charge in [-0.2, -0.15) is 0 Å². The molecule has 2 rings (SSSR count). The van der Waals surface area contributed by atoms with Crippen LogP contribution in [0.25, 0.3) is 0 Å². The quantitative estimate of drug-likeness (QED) is 0.829. The third kappa shape index (κ3) is 4.82. The molecule has 1 aromatic rings. The van der Waals surface area contributed by atoms with Crippen molar-refractivity contribution in [1.82, 2.24) is 14.7 Å². The zero-order valence-corrected chi connectivity index (χ0v) is 16.3. The number of rotatable bonds is 3. The summed E-state index contributed by atoms with van der Waals surface area (Å²) in [5, 5.41) is 4.65. The lowest BCUT2D eigenvalue weighted by Crippen LogP contribution is -2.52. The summed E-state index contributed by atoms with van der Waals surface area (Å²) < 4.78 is 0. The van der Waals surface area contributed by atoms with Gasteiger partial charge in [0.1, 0.15) is 0 Å². The number of aryl methyl sites for hydroxylation is 2. The van der Waals surface area contributed by atoms with Crippen molar-refractivity contribution in [2.75, 3.05) is 52.1 Å². The molecule has 132 valence electrons. The second kappa shape index (κ2) is 8.14. The minimum Gasteiger partial charge on any atom is -0.348 e. The maximum atomic E-state index is 11.8. The summed E-state index contributed by atoms with van der Waals surface area (Å²) in [6.45, 7) is 7.75. The number of halogens is 1. The Morgan fingerprint density at radius 3 is 2.42 bits per heavy atom. The Bertz CT molecular complexity index is 604. The van der Waals surface area contributed by atoms with Crippen LogP contribution in [0.2, 0.25) is 5.02 Å². The topological polar surface area (TPSA) is 38.8 Å². The molecule has 0 aliphatic carbocycles. The summed E-state index contributed by atoms with van der Waals surface area (Å²) in [5.74, 6) is 0.131. The van der Waals surface area contributed by atoms with Crippen molar-refractivity contribution in [2.24, 2.45) is 0 Å². The van der Waals surface area contributed by atoms with Gasteiger partial charge in [-0.3, -0.25) is 9.69 Å². The maximum Gasteiger partial charge on any atom is 0.236 e. The Morgan fingerprint density at radius 2 is 1.88 bits per heavy atom. The summed E-state index contributed by atoms with van der Waals surface area (Å²) in [6, 6.07) is 4.02. The first-order valence-corrected chi connectivity index (χ1v) is 8.81. The minimum absolute atomic E-state index is 0.131. The van der Waals surface area contributed by atoms with Crippen molar-refractivity contribution in [2.45, 2.75) is 13.8 Å². The van der Waals surface area contributed by atoms with Crippen LogP contribution in [0.5, 0.6) is 0 Å². The Hall–Kier alpha value is -1.37. The summed E-state index contributed by atoms with van der Waals surface area (Å²) in [7, 11) is 3.57. The van der Waals surface area contributed by atoms with Gasteiger partial charge in [0.2, 0.25) is 5.91 Å². The fraction of sp³-hybridized carbons (Fsp3) is 0.529. The number of hydrogen-bond acceptors (Lipinski definition) is 3. The van der Waals surface area contributed by atoms with Gasteiger partial charge in [-0.1, -0.05) is 17.7 Å². The summed E-state index contributed by atoms with van der Waals surface area (Å²) in [6.07, 6.45) is 0. The number of thiocarbonyl (C=S) groups is 1. The number of nitrogens with zero attached hydrogens (tertiary/aromatic N) is 3. The highest BCUT2D eigenvalue weighted by Crippen LogP contribution is 2.27. The molecule has 1 amide bonds. The normalized spacial score (nSPS) is 15.3. The molecule has 0 spiro atoms. The molecular weight excluding hydrogens is 344 g/mol. The van der Waals surface area contributed by atoms with Crippen LogP contribution < -0.4 is 5.32 Å². The zero-order valence-electron chi connectivity index (χ0n) is 14.7. The van der Waals surface area contributed by atoms with E-state index in [0.717, 1.165) is 43.0 Å². The van der Waals surface area contributed by atoms with E-state index in [0.29, 0.717) is 16.7 Å². The molecule has 0 bridgehead atoms. The van der Waals surface area contributed by atoms with Gasteiger partial charge in [0.25, 0.3) is 0 Å². The van der Waals surface area contributed by atoms with Crippen LogP contribution in [0.4, 0.5) is 5.69 Å². The molecule has 0 aromatic heterocycles. The van der Waals surface area contributed by atoms with Crippen molar-refractivity contribution >= 4 is 40.5 Å². The zero-order chi connectivity index (χ0) is 17.9. The first-order chi connectivity index (χ1) is 11.3. The maximum absolute atomic E-state index is 11.8. The van der Waals surface area contributed by atoms with E-state index < -0.39 is 0 Å². The van der Waals surface area contributed by atoms with E-state index in [2.05, 4.69) is 21.2 Å². The molecule has 1 aliphatic rings. The highest BCUT2D eigenvalue weighted by molar-refractivity contribution is 7.80. The van der Waals surface area contributed by atoms with Crippen molar-refractivity contribution in [3.05, 3.63) is 28.3 Å². The third-order valence-electron chi connectivity index (χ3n) is 4.18. The second-order valence-electron chi connectivity index (χ2n) is 6.42. The molecule has 1 N–H and O–H groups in total. The van der Waals surface area contributed by atoms with Crippen molar-refractivity contribution in [1.29, 1.82) is 0 Å². The number of carbonyl (C=O) groups is 1. The van der Waals surface area contributed by atoms with E-state index in [1.807, 2.05) is 19.9 Å². The van der Waals surface area contributed by atoms with Crippen LogP contribution in [0.3, 0.4) is 0 Å². The van der Waals surface area contributed by atoms with E-state index in [4.69, 9.17) is 23.8 Å². The number of hydrogen-bond donors (Lipinski definition) is 1. The van der Waals surface area contributed by atoms with Crippen LogP contribution >= 0.6 is 23.8 Å². The Labute approximate surface area is 154 Å². The predicted octanol–water partition coefficient (Wildman–Crippen LogP) is 2.36. The van der Waals surface area contributed by atoms with Gasteiger partial charge in [0.15, 0.2) is 5.11 Å². The number of likely N-dealkylation sites (N-methyl/N-ethyl adjacent to an activating group) is 1. The number of anilines is 1. The fourth-order valence-electron chi connectivity index (χ4n) is 2.70. The van der Waals surface area contributed by atoms with Gasteiger partial charge in [-0.15, -0.1) is 0 Å². The molecule has 1 aromatic carbocycles. The third-order valence-corrected chi connectivity index (χ3v) is 4.84. The fourth-order valence-corrected chi connectivity index (χ4v) is 3.35. The molecule has 0 saturated carbocycles. The average Bonchev–Trinajstić information content (AvgIpc) is 2.51.